The van der Waals surface area contributed by atoms with Crippen LogP contribution in [0.25, 0.3) is 0 Å². The number of ketones is 1. The van der Waals surface area contributed by atoms with E-state index in [1.54, 1.807) is 0 Å². The average molecular weight is 119 g/mol. The molecule has 0 N–H and O–H groups in total. The molecule has 0 spiro atoms. The van der Waals surface area contributed by atoms with Gasteiger partial charge in [0.2, 0.25) is 0 Å². The molecule has 0 aliphatic heterocycles. The second kappa shape index (κ2) is 4.15. The first-order valence-electron chi connectivity index (χ1n) is 2.02. The van der Waals surface area contributed by atoms with Crippen LogP contribution >= 0.6 is 12.6 Å². The van der Waals surface area contributed by atoms with Crippen molar-refractivity contribution in [2.45, 2.75) is 6.42 Å². The molecule has 7 heavy (non-hydrogen) atoms. The van der Waals surface area contributed by atoms with E-state index in [9.17, 15) is 9.90 Å². The fourth-order valence-electron chi connectivity index (χ4n) is 0.197. The van der Waals surface area contributed by atoms with Crippen LogP contribution in [-0.2, 0) is 9.90 Å². The maximum Gasteiger partial charge on any atom is 0.162 e. The van der Waals surface area contributed by atoms with E-state index in [1.807, 2.05) is 0 Å². The second-order valence-corrected chi connectivity index (χ2v) is 1.60. The van der Waals surface area contributed by atoms with E-state index in [4.69, 9.17) is 0 Å². The van der Waals surface area contributed by atoms with Crippen molar-refractivity contribution in [2.75, 3.05) is 12.4 Å². The minimum absolute atomic E-state index is 0.255. The van der Waals surface area contributed by atoms with Crippen molar-refractivity contribution in [3.05, 3.63) is 0 Å². The van der Waals surface area contributed by atoms with Crippen LogP contribution in [0.3, 0.4) is 0 Å². The smallest absolute Gasteiger partial charge is 0.162 e. The van der Waals surface area contributed by atoms with Crippen molar-refractivity contribution < 1.29 is 9.90 Å². The van der Waals surface area contributed by atoms with Crippen LogP contribution in [0.5, 0.6) is 0 Å². The molecule has 1 radical (unpaired) electrons. The summed E-state index contributed by atoms with van der Waals surface area (Å²) in [5, 5.41) is 9.64. The molecule has 0 aromatic heterocycles. The standard InChI is InChI=1S/C4H7O2S/c5-3-4(6)1-2-7/h7H,1-3H2. The molecule has 0 aromatic rings. The summed E-state index contributed by atoms with van der Waals surface area (Å²) in [7, 11) is 0. The van der Waals surface area contributed by atoms with Gasteiger partial charge < -0.3 is 0 Å². The summed E-state index contributed by atoms with van der Waals surface area (Å²) in [6, 6.07) is 0. The summed E-state index contributed by atoms with van der Waals surface area (Å²) in [4.78, 5) is 10.1. The Labute approximate surface area is 47.9 Å². The molecule has 41 valence electrons. The van der Waals surface area contributed by atoms with Crippen molar-refractivity contribution in [1.82, 2.24) is 0 Å². The maximum absolute atomic E-state index is 10.1. The van der Waals surface area contributed by atoms with Crippen LogP contribution in [0.15, 0.2) is 0 Å². The van der Waals surface area contributed by atoms with Gasteiger partial charge in [0, 0.05) is 6.42 Å². The summed E-state index contributed by atoms with van der Waals surface area (Å²) in [5.74, 6) is 0.233. The Morgan fingerprint density at radius 3 is 2.29 bits per heavy atom. The number of carbonyl (C=O) groups is 1. The summed E-state index contributed by atoms with van der Waals surface area (Å²) in [6.07, 6.45) is 0.312. The Balaban J connectivity index is 3.00. The second-order valence-electron chi connectivity index (χ2n) is 1.16. The summed E-state index contributed by atoms with van der Waals surface area (Å²) in [5.41, 5.74) is 0. The number of rotatable bonds is 3. The van der Waals surface area contributed by atoms with Crippen LogP contribution in [0, 0.1) is 0 Å². The Bertz CT molecular complexity index is 62.7. The van der Waals surface area contributed by atoms with Gasteiger partial charge in [-0.3, -0.25) is 4.79 Å². The molecule has 0 aromatic carbocycles. The third-order valence-corrected chi connectivity index (χ3v) is 0.775. The molecule has 2 nitrogen and oxygen atoms in total. The topological polar surface area (TPSA) is 37.0 Å². The molecule has 0 amide bonds. The van der Waals surface area contributed by atoms with Gasteiger partial charge in [-0.15, -0.1) is 0 Å². The zero-order chi connectivity index (χ0) is 5.70. The fraction of sp³-hybridized carbons (Fsp3) is 0.750. The summed E-state index contributed by atoms with van der Waals surface area (Å²) in [6.45, 7) is -0.597. The number of hydrogen-bond acceptors (Lipinski definition) is 2. The van der Waals surface area contributed by atoms with E-state index in [1.165, 1.54) is 0 Å². The third kappa shape index (κ3) is 3.82. The molecule has 0 aliphatic rings. The molecule has 0 atom stereocenters. The largest absolute Gasteiger partial charge is 0.297 e. The maximum atomic E-state index is 10.1. The predicted octanol–water partition coefficient (Wildman–Crippen LogP) is 0.306. The van der Waals surface area contributed by atoms with Crippen LogP contribution in [0.4, 0.5) is 0 Å². The van der Waals surface area contributed by atoms with Crippen LogP contribution in [0.1, 0.15) is 6.42 Å². The highest BCUT2D eigenvalue weighted by Gasteiger charge is 1.94. The van der Waals surface area contributed by atoms with Gasteiger partial charge in [0.1, 0.15) is 6.61 Å². The fourth-order valence-corrected chi connectivity index (χ4v) is 0.446. The third-order valence-electron chi connectivity index (χ3n) is 0.552. The quantitative estimate of drug-likeness (QED) is 0.533. The van der Waals surface area contributed by atoms with Crippen molar-refractivity contribution in [3.63, 3.8) is 0 Å². The Kier molecular flexibility index (Phi) is 4.14. The van der Waals surface area contributed by atoms with Gasteiger partial charge in [-0.25, -0.2) is 5.11 Å². The summed E-state index contributed by atoms with van der Waals surface area (Å²) >= 11 is 3.75. The zero-order valence-corrected chi connectivity index (χ0v) is 4.78. The Morgan fingerprint density at radius 2 is 2.14 bits per heavy atom. The molecule has 0 rings (SSSR count). The van der Waals surface area contributed by atoms with Gasteiger partial charge in [0.15, 0.2) is 5.78 Å². The highest BCUT2D eigenvalue weighted by atomic mass is 32.1. The van der Waals surface area contributed by atoms with E-state index in [0.29, 0.717) is 12.2 Å². The molecule has 0 unspecified atom stereocenters. The zero-order valence-electron chi connectivity index (χ0n) is 3.89. The monoisotopic (exact) mass is 119 g/mol. The molecule has 0 saturated heterocycles. The van der Waals surface area contributed by atoms with Crippen LogP contribution < -0.4 is 0 Å². The molecular weight excluding hydrogens is 112 g/mol. The number of Topliss-reactive ketones (excluding diaryl/α,β-unsaturated/α-hetero) is 1. The lowest BCUT2D eigenvalue weighted by molar-refractivity contribution is -0.123. The number of thiol groups is 1. The van der Waals surface area contributed by atoms with Gasteiger partial charge in [-0.05, 0) is 5.75 Å². The SMILES string of the molecule is [O]CC(=O)CCS. The number of carbonyl (C=O) groups excluding carboxylic acids is 1. The lowest BCUT2D eigenvalue weighted by atomic mass is 10.3. The van der Waals surface area contributed by atoms with E-state index < -0.39 is 6.61 Å². The average Bonchev–Trinajstić information content (AvgIpc) is 1.68. The van der Waals surface area contributed by atoms with E-state index in [0.717, 1.165) is 0 Å². The lowest BCUT2D eigenvalue weighted by Gasteiger charge is -1.84. The van der Waals surface area contributed by atoms with E-state index in [2.05, 4.69) is 12.6 Å². The molecule has 0 aliphatic carbocycles. The van der Waals surface area contributed by atoms with Crippen LogP contribution in [-0.4, -0.2) is 18.1 Å². The highest BCUT2D eigenvalue weighted by molar-refractivity contribution is 7.80. The predicted molar refractivity (Wildman–Crippen MR) is 29.0 cm³/mol. The van der Waals surface area contributed by atoms with Gasteiger partial charge in [-0.1, -0.05) is 0 Å². The molecule has 0 fully saturated rings. The minimum atomic E-state index is -0.597. The first-order chi connectivity index (χ1) is 3.31. The summed E-state index contributed by atoms with van der Waals surface area (Å²) < 4.78 is 0. The normalized spacial score (nSPS) is 8.86. The van der Waals surface area contributed by atoms with E-state index in [-0.39, 0.29) is 5.78 Å². The molecule has 0 heterocycles. The Morgan fingerprint density at radius 1 is 1.57 bits per heavy atom. The first-order valence-corrected chi connectivity index (χ1v) is 2.65. The molecular formula is C4H7O2S. The Hall–Kier alpha value is -0.0200. The molecule has 0 bridgehead atoms. The molecule has 0 saturated carbocycles. The number of hydrogen-bond donors (Lipinski definition) is 1. The van der Waals surface area contributed by atoms with Gasteiger partial charge in [0.25, 0.3) is 0 Å². The van der Waals surface area contributed by atoms with Gasteiger partial charge in [-0.2, -0.15) is 12.6 Å². The van der Waals surface area contributed by atoms with Gasteiger partial charge in [0.05, 0.1) is 0 Å². The molecule has 3 heteroatoms. The minimum Gasteiger partial charge on any atom is -0.297 e. The highest BCUT2D eigenvalue weighted by Crippen LogP contribution is 1.83. The lowest BCUT2D eigenvalue weighted by Crippen LogP contribution is -2.01. The van der Waals surface area contributed by atoms with Gasteiger partial charge >= 0.3 is 0 Å². The van der Waals surface area contributed by atoms with Crippen LogP contribution in [0.2, 0.25) is 0 Å². The first kappa shape index (κ1) is 6.98. The van der Waals surface area contributed by atoms with Crippen molar-refractivity contribution in [2.24, 2.45) is 0 Å². The van der Waals surface area contributed by atoms with Crippen molar-refractivity contribution in [1.29, 1.82) is 0 Å². The van der Waals surface area contributed by atoms with E-state index >= 15 is 0 Å². The van der Waals surface area contributed by atoms with Crippen molar-refractivity contribution in [3.8, 4) is 0 Å². The van der Waals surface area contributed by atoms with Crippen molar-refractivity contribution >= 4 is 18.4 Å².